The van der Waals surface area contributed by atoms with Gasteiger partial charge in [0.1, 0.15) is 11.3 Å². The number of benzene rings is 1. The minimum Gasteiger partial charge on any atom is -0.495 e. The van der Waals surface area contributed by atoms with Gasteiger partial charge >= 0.3 is 0 Å². The lowest BCUT2D eigenvalue weighted by Crippen LogP contribution is -2.25. The van der Waals surface area contributed by atoms with Gasteiger partial charge in [0.2, 0.25) is 5.91 Å². The Hall–Kier alpha value is -3.32. The fourth-order valence-corrected chi connectivity index (χ4v) is 3.50. The number of nitrogens with zero attached hydrogens (tertiary/aromatic N) is 3. The first-order valence-electron chi connectivity index (χ1n) is 9.08. The number of aromatic nitrogens is 3. The van der Waals surface area contributed by atoms with E-state index >= 15 is 0 Å². The van der Waals surface area contributed by atoms with E-state index in [0.29, 0.717) is 27.6 Å². The third-order valence-corrected chi connectivity index (χ3v) is 5.22. The van der Waals surface area contributed by atoms with Gasteiger partial charge in [0.05, 0.1) is 18.3 Å². The number of amides is 1. The van der Waals surface area contributed by atoms with Crippen LogP contribution in [-0.2, 0) is 11.3 Å². The Labute approximate surface area is 171 Å². The SMILES string of the molecule is COc1cc(Cl)c(C)cc1NC(=O)CCn1c(=O)c2cccn2c2cccnc21. The first kappa shape index (κ1) is 19.0. The molecule has 0 saturated carbocycles. The van der Waals surface area contributed by atoms with Gasteiger partial charge < -0.3 is 14.5 Å². The molecule has 1 aromatic carbocycles. The number of hydrogen-bond acceptors (Lipinski definition) is 4. The topological polar surface area (TPSA) is 77.6 Å². The van der Waals surface area contributed by atoms with Crippen molar-refractivity contribution in [2.45, 2.75) is 19.9 Å². The number of carbonyl (C=O) groups is 1. The Morgan fingerprint density at radius 1 is 1.24 bits per heavy atom. The number of carbonyl (C=O) groups excluding carboxylic acids is 1. The summed E-state index contributed by atoms with van der Waals surface area (Å²) in [6, 6.07) is 10.7. The number of anilines is 1. The predicted octanol–water partition coefficient (Wildman–Crippen LogP) is 3.65. The molecule has 0 aliphatic heterocycles. The lowest BCUT2D eigenvalue weighted by Gasteiger charge is -2.14. The zero-order valence-corrected chi connectivity index (χ0v) is 16.7. The molecule has 1 amide bonds. The van der Waals surface area contributed by atoms with Crippen molar-refractivity contribution in [3.63, 3.8) is 0 Å². The van der Waals surface area contributed by atoms with Gasteiger partial charge in [-0.25, -0.2) is 4.98 Å². The Bertz CT molecular complexity index is 1290. The molecule has 29 heavy (non-hydrogen) atoms. The highest BCUT2D eigenvalue weighted by atomic mass is 35.5. The third kappa shape index (κ3) is 3.45. The Balaban J connectivity index is 1.62. The summed E-state index contributed by atoms with van der Waals surface area (Å²) in [4.78, 5) is 29.8. The van der Waals surface area contributed by atoms with Crippen LogP contribution in [0.3, 0.4) is 0 Å². The van der Waals surface area contributed by atoms with Crippen LogP contribution in [0.1, 0.15) is 12.0 Å². The van der Waals surface area contributed by atoms with E-state index in [9.17, 15) is 9.59 Å². The quantitative estimate of drug-likeness (QED) is 0.544. The van der Waals surface area contributed by atoms with E-state index in [1.807, 2.05) is 35.7 Å². The summed E-state index contributed by atoms with van der Waals surface area (Å²) in [6.45, 7) is 2.05. The Morgan fingerprint density at radius 2 is 2.03 bits per heavy atom. The highest BCUT2D eigenvalue weighted by molar-refractivity contribution is 6.31. The molecule has 7 nitrogen and oxygen atoms in total. The van der Waals surface area contributed by atoms with Crippen LogP contribution in [0.25, 0.3) is 16.7 Å². The average Bonchev–Trinajstić information content (AvgIpc) is 3.21. The number of aryl methyl sites for hydroxylation is 2. The molecule has 0 bridgehead atoms. The van der Waals surface area contributed by atoms with E-state index in [1.54, 1.807) is 24.4 Å². The molecule has 0 atom stereocenters. The van der Waals surface area contributed by atoms with Crippen LogP contribution < -0.4 is 15.6 Å². The molecule has 0 radical (unpaired) electrons. The molecule has 1 N–H and O–H groups in total. The second kappa shape index (κ2) is 7.60. The maximum absolute atomic E-state index is 12.9. The van der Waals surface area contributed by atoms with E-state index in [4.69, 9.17) is 16.3 Å². The van der Waals surface area contributed by atoms with Crippen molar-refractivity contribution in [3.8, 4) is 5.75 Å². The molecule has 0 aliphatic rings. The van der Waals surface area contributed by atoms with Crippen LogP contribution in [0.15, 0.2) is 53.6 Å². The molecule has 3 heterocycles. The van der Waals surface area contributed by atoms with Gasteiger partial charge in [0, 0.05) is 36.4 Å². The molecular weight excluding hydrogens is 392 g/mol. The number of pyridine rings is 1. The molecule has 0 aliphatic carbocycles. The standard InChI is InChI=1S/C21H19ClN4O3/c1-13-11-15(18(29-2)12-14(13)22)24-19(27)7-10-26-20-16(5-3-8-23-20)25-9-4-6-17(25)21(26)28/h3-6,8-9,11-12H,7,10H2,1-2H3,(H,24,27). The number of methoxy groups -OCH3 is 1. The first-order chi connectivity index (χ1) is 14.0. The summed E-state index contributed by atoms with van der Waals surface area (Å²) in [5, 5.41) is 3.40. The molecule has 4 aromatic rings. The Kier molecular flexibility index (Phi) is 4.98. The number of ether oxygens (including phenoxy) is 1. The smallest absolute Gasteiger partial charge is 0.276 e. The van der Waals surface area contributed by atoms with Gasteiger partial charge in [0.25, 0.3) is 5.56 Å². The van der Waals surface area contributed by atoms with E-state index in [-0.39, 0.29) is 24.4 Å². The fourth-order valence-electron chi connectivity index (χ4n) is 3.35. The highest BCUT2D eigenvalue weighted by Crippen LogP contribution is 2.31. The summed E-state index contributed by atoms with van der Waals surface area (Å²) in [6.07, 6.45) is 3.56. The minimum absolute atomic E-state index is 0.104. The van der Waals surface area contributed by atoms with Gasteiger partial charge in [-0.15, -0.1) is 0 Å². The summed E-state index contributed by atoms with van der Waals surface area (Å²) in [5.74, 6) is 0.240. The molecule has 0 fully saturated rings. The maximum atomic E-state index is 12.9. The van der Waals surface area contributed by atoms with Crippen molar-refractivity contribution < 1.29 is 9.53 Å². The van der Waals surface area contributed by atoms with Crippen LogP contribution in [-0.4, -0.2) is 27.0 Å². The van der Waals surface area contributed by atoms with Crippen molar-refractivity contribution in [1.82, 2.24) is 14.0 Å². The number of fused-ring (bicyclic) bond motifs is 3. The molecule has 4 rings (SSSR count). The lowest BCUT2D eigenvalue weighted by atomic mass is 10.2. The largest absolute Gasteiger partial charge is 0.495 e. The molecule has 0 saturated heterocycles. The average molecular weight is 411 g/mol. The summed E-state index contributed by atoms with van der Waals surface area (Å²) in [5.41, 5.74) is 3.07. The van der Waals surface area contributed by atoms with E-state index in [0.717, 1.165) is 11.1 Å². The summed E-state index contributed by atoms with van der Waals surface area (Å²) in [7, 11) is 1.51. The third-order valence-electron chi connectivity index (χ3n) is 4.81. The van der Waals surface area contributed by atoms with Gasteiger partial charge in [-0.1, -0.05) is 11.6 Å². The first-order valence-corrected chi connectivity index (χ1v) is 9.46. The predicted molar refractivity (Wildman–Crippen MR) is 113 cm³/mol. The van der Waals surface area contributed by atoms with Crippen LogP contribution in [0.4, 0.5) is 5.69 Å². The van der Waals surface area contributed by atoms with Gasteiger partial charge in [0.15, 0.2) is 5.65 Å². The normalized spacial score (nSPS) is 11.1. The monoisotopic (exact) mass is 410 g/mol. The van der Waals surface area contributed by atoms with Crippen molar-refractivity contribution in [1.29, 1.82) is 0 Å². The number of halogens is 1. The van der Waals surface area contributed by atoms with Crippen molar-refractivity contribution in [3.05, 3.63) is 69.7 Å². The second-order valence-electron chi connectivity index (χ2n) is 6.67. The molecule has 8 heteroatoms. The Morgan fingerprint density at radius 3 is 2.83 bits per heavy atom. The number of hydrogen-bond donors (Lipinski definition) is 1. The van der Waals surface area contributed by atoms with Crippen LogP contribution >= 0.6 is 11.6 Å². The van der Waals surface area contributed by atoms with Gasteiger partial charge in [-0.2, -0.15) is 0 Å². The van der Waals surface area contributed by atoms with E-state index < -0.39 is 0 Å². The molecule has 0 spiro atoms. The second-order valence-corrected chi connectivity index (χ2v) is 7.07. The summed E-state index contributed by atoms with van der Waals surface area (Å²) >= 11 is 6.11. The van der Waals surface area contributed by atoms with E-state index in [1.165, 1.54) is 11.7 Å². The zero-order chi connectivity index (χ0) is 20.5. The number of rotatable bonds is 5. The number of nitrogens with one attached hydrogen (secondary N) is 1. The van der Waals surface area contributed by atoms with E-state index in [2.05, 4.69) is 10.3 Å². The van der Waals surface area contributed by atoms with Crippen molar-refractivity contribution in [2.24, 2.45) is 0 Å². The fraction of sp³-hybridized carbons (Fsp3) is 0.190. The van der Waals surface area contributed by atoms with Gasteiger partial charge in [-0.3, -0.25) is 14.2 Å². The van der Waals surface area contributed by atoms with Crippen LogP contribution in [0, 0.1) is 6.92 Å². The van der Waals surface area contributed by atoms with Crippen LogP contribution in [0.2, 0.25) is 5.02 Å². The molecule has 148 valence electrons. The minimum atomic E-state index is -0.240. The molecule has 0 unspecified atom stereocenters. The molecule has 3 aromatic heterocycles. The van der Waals surface area contributed by atoms with Crippen molar-refractivity contribution >= 4 is 39.9 Å². The maximum Gasteiger partial charge on any atom is 0.276 e. The van der Waals surface area contributed by atoms with Crippen LogP contribution in [0.5, 0.6) is 5.75 Å². The van der Waals surface area contributed by atoms with Gasteiger partial charge in [-0.05, 0) is 42.8 Å². The zero-order valence-electron chi connectivity index (χ0n) is 16.0. The highest BCUT2D eigenvalue weighted by Gasteiger charge is 2.14. The molecular formula is C21H19ClN4O3. The summed E-state index contributed by atoms with van der Waals surface area (Å²) < 4.78 is 8.64. The van der Waals surface area contributed by atoms with Crippen molar-refractivity contribution in [2.75, 3.05) is 12.4 Å². The lowest BCUT2D eigenvalue weighted by molar-refractivity contribution is -0.116.